The molecule has 18 heavy (non-hydrogen) atoms. The maximum Gasteiger partial charge on any atom is 0.173 e. The first-order valence-corrected chi connectivity index (χ1v) is 6.11. The highest BCUT2D eigenvalue weighted by molar-refractivity contribution is 5.99. The first kappa shape index (κ1) is 12.7. The van der Waals surface area contributed by atoms with Gasteiger partial charge in [0, 0.05) is 6.54 Å². The van der Waals surface area contributed by atoms with Crippen LogP contribution in [-0.2, 0) is 6.54 Å². The Kier molecular flexibility index (Phi) is 4.04. The Hall–Kier alpha value is -1.75. The number of nitrogens with zero attached hydrogens (tertiary/aromatic N) is 2. The largest absolute Gasteiger partial charge is 0.496 e. The molecule has 0 radical (unpaired) electrons. The van der Waals surface area contributed by atoms with Gasteiger partial charge in [0.25, 0.3) is 0 Å². The summed E-state index contributed by atoms with van der Waals surface area (Å²) in [4.78, 5) is 2.41. The van der Waals surface area contributed by atoms with Crippen molar-refractivity contribution in [1.82, 2.24) is 4.90 Å². The molecule has 0 aliphatic carbocycles. The van der Waals surface area contributed by atoms with E-state index in [9.17, 15) is 0 Å². The van der Waals surface area contributed by atoms with Crippen molar-refractivity contribution < 1.29 is 9.94 Å². The van der Waals surface area contributed by atoms with Crippen molar-refractivity contribution >= 4 is 5.84 Å². The van der Waals surface area contributed by atoms with E-state index in [1.807, 2.05) is 18.2 Å². The number of amidine groups is 1. The van der Waals surface area contributed by atoms with Crippen LogP contribution in [0, 0.1) is 0 Å². The quantitative estimate of drug-likeness (QED) is 0.366. The van der Waals surface area contributed by atoms with Gasteiger partial charge < -0.3 is 15.7 Å². The number of likely N-dealkylation sites (tertiary alicyclic amines) is 1. The summed E-state index contributed by atoms with van der Waals surface area (Å²) in [5.74, 6) is 0.710. The van der Waals surface area contributed by atoms with E-state index in [1.165, 1.54) is 18.4 Å². The highest BCUT2D eigenvalue weighted by Crippen LogP contribution is 2.22. The van der Waals surface area contributed by atoms with Crippen molar-refractivity contribution in [3.8, 4) is 5.75 Å². The Labute approximate surface area is 107 Å². The number of benzene rings is 1. The molecule has 0 saturated carbocycles. The highest BCUT2D eigenvalue weighted by atomic mass is 16.5. The average Bonchev–Trinajstić information content (AvgIpc) is 2.90. The standard InChI is InChI=1S/C13H19N3O2/c1-18-12-8-10(9-16-6-2-3-7-16)4-5-11(12)13(14)15-17/h4-5,8,17H,2-3,6-7,9H2,1H3,(H2,14,15). The van der Waals surface area contributed by atoms with Gasteiger partial charge in [-0.3, -0.25) is 4.90 Å². The third-order valence-electron chi connectivity index (χ3n) is 3.25. The van der Waals surface area contributed by atoms with Crippen LogP contribution in [0.4, 0.5) is 0 Å². The van der Waals surface area contributed by atoms with Gasteiger partial charge >= 0.3 is 0 Å². The SMILES string of the molecule is COc1cc(CN2CCCC2)ccc1/C(N)=N/O. The molecule has 1 aromatic carbocycles. The molecule has 1 fully saturated rings. The molecular weight excluding hydrogens is 230 g/mol. The van der Waals surface area contributed by atoms with Crippen LogP contribution in [0.15, 0.2) is 23.4 Å². The molecule has 5 nitrogen and oxygen atoms in total. The molecule has 1 aliphatic rings. The normalized spacial score (nSPS) is 17.1. The van der Waals surface area contributed by atoms with Gasteiger partial charge in [0.2, 0.25) is 0 Å². The molecule has 0 unspecified atom stereocenters. The second kappa shape index (κ2) is 5.73. The summed E-state index contributed by atoms with van der Waals surface area (Å²) in [5, 5.41) is 11.7. The van der Waals surface area contributed by atoms with Crippen LogP contribution in [0.5, 0.6) is 5.75 Å². The van der Waals surface area contributed by atoms with Crippen molar-refractivity contribution in [2.24, 2.45) is 10.9 Å². The number of hydrogen-bond donors (Lipinski definition) is 2. The first-order chi connectivity index (χ1) is 8.74. The fourth-order valence-electron chi connectivity index (χ4n) is 2.30. The van der Waals surface area contributed by atoms with Crippen molar-refractivity contribution in [2.75, 3.05) is 20.2 Å². The summed E-state index contributed by atoms with van der Waals surface area (Å²) in [7, 11) is 1.59. The number of rotatable bonds is 4. The van der Waals surface area contributed by atoms with Gasteiger partial charge in [-0.2, -0.15) is 0 Å². The van der Waals surface area contributed by atoms with Crippen LogP contribution in [0.2, 0.25) is 0 Å². The van der Waals surface area contributed by atoms with E-state index in [0.29, 0.717) is 11.3 Å². The van der Waals surface area contributed by atoms with Gasteiger partial charge in [0.05, 0.1) is 12.7 Å². The van der Waals surface area contributed by atoms with Crippen LogP contribution in [-0.4, -0.2) is 36.1 Å². The lowest BCUT2D eigenvalue weighted by Gasteiger charge is -2.16. The molecule has 2 rings (SSSR count). The molecule has 1 heterocycles. The third-order valence-corrected chi connectivity index (χ3v) is 3.25. The second-order valence-corrected chi connectivity index (χ2v) is 4.50. The number of methoxy groups -OCH3 is 1. The monoisotopic (exact) mass is 249 g/mol. The molecule has 5 heteroatoms. The summed E-state index contributed by atoms with van der Waals surface area (Å²) in [6.45, 7) is 3.24. The van der Waals surface area contributed by atoms with Gasteiger partial charge in [-0.25, -0.2) is 0 Å². The fourth-order valence-corrected chi connectivity index (χ4v) is 2.30. The molecule has 0 atom stereocenters. The minimum Gasteiger partial charge on any atom is -0.496 e. The van der Waals surface area contributed by atoms with Gasteiger partial charge in [0.1, 0.15) is 5.75 Å². The summed E-state index contributed by atoms with van der Waals surface area (Å²) in [6.07, 6.45) is 2.55. The Balaban J connectivity index is 2.18. The molecule has 1 aromatic rings. The van der Waals surface area contributed by atoms with E-state index in [2.05, 4.69) is 10.1 Å². The van der Waals surface area contributed by atoms with E-state index in [0.717, 1.165) is 19.6 Å². The number of nitrogens with two attached hydrogens (primary N) is 1. The third kappa shape index (κ3) is 2.73. The van der Waals surface area contributed by atoms with E-state index < -0.39 is 0 Å². The fraction of sp³-hybridized carbons (Fsp3) is 0.462. The molecule has 0 bridgehead atoms. The van der Waals surface area contributed by atoms with Gasteiger partial charge in [-0.05, 0) is 43.6 Å². The maximum atomic E-state index is 8.71. The van der Waals surface area contributed by atoms with E-state index in [4.69, 9.17) is 15.7 Å². The Bertz CT molecular complexity index is 440. The molecule has 1 saturated heterocycles. The Morgan fingerprint density at radius 3 is 2.78 bits per heavy atom. The number of ether oxygens (including phenoxy) is 1. The maximum absolute atomic E-state index is 8.71. The highest BCUT2D eigenvalue weighted by Gasteiger charge is 2.14. The van der Waals surface area contributed by atoms with Crippen molar-refractivity contribution in [3.63, 3.8) is 0 Å². The number of hydrogen-bond acceptors (Lipinski definition) is 4. The van der Waals surface area contributed by atoms with Gasteiger partial charge in [0.15, 0.2) is 5.84 Å². The van der Waals surface area contributed by atoms with Crippen LogP contribution < -0.4 is 10.5 Å². The van der Waals surface area contributed by atoms with E-state index >= 15 is 0 Å². The summed E-state index contributed by atoms with van der Waals surface area (Å²) in [5.41, 5.74) is 7.39. The predicted molar refractivity (Wildman–Crippen MR) is 70.0 cm³/mol. The van der Waals surface area contributed by atoms with Crippen LogP contribution in [0.25, 0.3) is 0 Å². The second-order valence-electron chi connectivity index (χ2n) is 4.50. The van der Waals surface area contributed by atoms with E-state index in [1.54, 1.807) is 7.11 Å². The topological polar surface area (TPSA) is 71.1 Å². The zero-order chi connectivity index (χ0) is 13.0. The van der Waals surface area contributed by atoms with Crippen LogP contribution in [0.1, 0.15) is 24.0 Å². The smallest absolute Gasteiger partial charge is 0.173 e. The van der Waals surface area contributed by atoms with Crippen molar-refractivity contribution in [2.45, 2.75) is 19.4 Å². The van der Waals surface area contributed by atoms with Gasteiger partial charge in [-0.1, -0.05) is 11.2 Å². The molecular formula is C13H19N3O2. The first-order valence-electron chi connectivity index (χ1n) is 6.11. The molecule has 3 N–H and O–H groups in total. The summed E-state index contributed by atoms with van der Waals surface area (Å²) < 4.78 is 5.28. The summed E-state index contributed by atoms with van der Waals surface area (Å²) in [6, 6.07) is 5.78. The lowest BCUT2D eigenvalue weighted by Crippen LogP contribution is -2.19. The zero-order valence-electron chi connectivity index (χ0n) is 10.6. The molecule has 98 valence electrons. The minimum atomic E-state index is 0.0690. The molecule has 0 amide bonds. The van der Waals surface area contributed by atoms with Crippen molar-refractivity contribution in [3.05, 3.63) is 29.3 Å². The zero-order valence-corrected chi connectivity index (χ0v) is 10.6. The van der Waals surface area contributed by atoms with Crippen LogP contribution >= 0.6 is 0 Å². The van der Waals surface area contributed by atoms with Crippen LogP contribution in [0.3, 0.4) is 0 Å². The van der Waals surface area contributed by atoms with Crippen molar-refractivity contribution in [1.29, 1.82) is 0 Å². The molecule has 0 aromatic heterocycles. The van der Waals surface area contributed by atoms with E-state index in [-0.39, 0.29) is 5.84 Å². The minimum absolute atomic E-state index is 0.0690. The number of oxime groups is 1. The Morgan fingerprint density at radius 1 is 1.44 bits per heavy atom. The molecule has 0 spiro atoms. The summed E-state index contributed by atoms with van der Waals surface area (Å²) >= 11 is 0. The lowest BCUT2D eigenvalue weighted by molar-refractivity contribution is 0.318. The predicted octanol–water partition coefficient (Wildman–Crippen LogP) is 1.39. The van der Waals surface area contributed by atoms with Gasteiger partial charge in [-0.15, -0.1) is 0 Å². The lowest BCUT2D eigenvalue weighted by atomic mass is 10.1. The molecule has 1 aliphatic heterocycles. The average molecular weight is 249 g/mol. The Morgan fingerprint density at radius 2 is 2.17 bits per heavy atom.